The smallest absolute Gasteiger partial charge is 0.138 e. The summed E-state index contributed by atoms with van der Waals surface area (Å²) in [6.45, 7) is 5.77. The summed E-state index contributed by atoms with van der Waals surface area (Å²) in [6.07, 6.45) is 1.80. The summed E-state index contributed by atoms with van der Waals surface area (Å²) in [4.78, 5) is 13.6. The zero-order valence-corrected chi connectivity index (χ0v) is 8.58. The van der Waals surface area contributed by atoms with Crippen molar-refractivity contribution in [3.8, 4) is 0 Å². The quantitative estimate of drug-likeness (QED) is 0.610. The van der Waals surface area contributed by atoms with Gasteiger partial charge >= 0.3 is 0 Å². The minimum absolute atomic E-state index is 0.233. The minimum atomic E-state index is 0.233. The van der Waals surface area contributed by atoms with Crippen LogP contribution in [0.3, 0.4) is 0 Å². The fourth-order valence-electron chi connectivity index (χ4n) is 1.73. The number of nitrogens with zero attached hydrogens (tertiary/aromatic N) is 1. The molecule has 1 unspecified atom stereocenters. The van der Waals surface area contributed by atoms with Gasteiger partial charge in [-0.3, -0.25) is 4.79 Å². The average Bonchev–Trinajstić information content (AvgIpc) is 2.12. The summed E-state index contributed by atoms with van der Waals surface area (Å²) in [5.41, 5.74) is 0. The van der Waals surface area contributed by atoms with Crippen molar-refractivity contribution in [1.29, 1.82) is 0 Å². The monoisotopic (exact) mass is 185 g/mol. The van der Waals surface area contributed by atoms with E-state index in [4.69, 9.17) is 4.74 Å². The number of hydrogen-bond acceptors (Lipinski definition) is 3. The Morgan fingerprint density at radius 2 is 2.38 bits per heavy atom. The molecule has 1 atom stereocenters. The van der Waals surface area contributed by atoms with E-state index in [1.54, 1.807) is 7.11 Å². The van der Waals surface area contributed by atoms with Crippen LogP contribution in [0.15, 0.2) is 0 Å². The summed E-state index contributed by atoms with van der Waals surface area (Å²) in [6, 6.07) is 0. The SMILES string of the molecule is COCCCN1CCC(=O)C(C)C1. The summed E-state index contributed by atoms with van der Waals surface area (Å²) in [7, 11) is 1.72. The highest BCUT2D eigenvalue weighted by molar-refractivity contribution is 5.81. The zero-order chi connectivity index (χ0) is 9.68. The van der Waals surface area contributed by atoms with Crippen LogP contribution in [0.2, 0.25) is 0 Å². The molecule has 1 rings (SSSR count). The number of ketones is 1. The van der Waals surface area contributed by atoms with Gasteiger partial charge in [0.1, 0.15) is 5.78 Å². The van der Waals surface area contributed by atoms with Crippen molar-refractivity contribution in [2.75, 3.05) is 33.4 Å². The van der Waals surface area contributed by atoms with Crippen molar-refractivity contribution in [2.45, 2.75) is 19.8 Å². The van der Waals surface area contributed by atoms with E-state index in [-0.39, 0.29) is 5.92 Å². The van der Waals surface area contributed by atoms with Gasteiger partial charge in [0.05, 0.1) is 0 Å². The molecule has 1 heterocycles. The summed E-state index contributed by atoms with van der Waals surface area (Å²) in [5.74, 6) is 0.652. The molecule has 3 nitrogen and oxygen atoms in total. The maximum absolute atomic E-state index is 11.2. The Kier molecular flexibility index (Phi) is 4.39. The third kappa shape index (κ3) is 3.44. The van der Waals surface area contributed by atoms with Crippen molar-refractivity contribution in [3.05, 3.63) is 0 Å². The Morgan fingerprint density at radius 1 is 1.62 bits per heavy atom. The number of carbonyl (C=O) groups is 1. The van der Waals surface area contributed by atoms with E-state index < -0.39 is 0 Å². The normalized spacial score (nSPS) is 25.1. The number of hydrogen-bond donors (Lipinski definition) is 0. The van der Waals surface area contributed by atoms with Crippen LogP contribution < -0.4 is 0 Å². The highest BCUT2D eigenvalue weighted by Gasteiger charge is 2.22. The number of Topliss-reactive ketones (excluding diaryl/α,β-unsaturated/α-hetero) is 1. The first kappa shape index (κ1) is 10.7. The fourth-order valence-corrected chi connectivity index (χ4v) is 1.73. The van der Waals surface area contributed by atoms with Gasteiger partial charge in [0.15, 0.2) is 0 Å². The predicted octanol–water partition coefficient (Wildman–Crippen LogP) is 0.934. The lowest BCUT2D eigenvalue weighted by Gasteiger charge is -2.29. The van der Waals surface area contributed by atoms with Crippen LogP contribution in [0.1, 0.15) is 19.8 Å². The Balaban J connectivity index is 2.17. The van der Waals surface area contributed by atoms with Gasteiger partial charge in [0.2, 0.25) is 0 Å². The van der Waals surface area contributed by atoms with E-state index in [9.17, 15) is 4.79 Å². The highest BCUT2D eigenvalue weighted by Crippen LogP contribution is 2.12. The van der Waals surface area contributed by atoms with E-state index in [0.717, 1.165) is 39.1 Å². The molecule has 0 N–H and O–H groups in total. The maximum atomic E-state index is 11.2. The molecule has 3 heteroatoms. The largest absolute Gasteiger partial charge is 0.385 e. The number of piperidine rings is 1. The van der Waals surface area contributed by atoms with Crippen LogP contribution in [-0.2, 0) is 9.53 Å². The molecular formula is C10H19NO2. The van der Waals surface area contributed by atoms with E-state index in [0.29, 0.717) is 5.78 Å². The first-order valence-corrected chi connectivity index (χ1v) is 4.98. The number of likely N-dealkylation sites (tertiary alicyclic amines) is 1. The third-order valence-electron chi connectivity index (χ3n) is 2.58. The maximum Gasteiger partial charge on any atom is 0.138 e. The van der Waals surface area contributed by atoms with Gasteiger partial charge in [-0.2, -0.15) is 0 Å². The molecule has 0 radical (unpaired) electrons. The van der Waals surface area contributed by atoms with Gasteiger partial charge in [0, 0.05) is 45.7 Å². The molecule has 0 amide bonds. The number of carbonyl (C=O) groups excluding carboxylic acids is 1. The lowest BCUT2D eigenvalue weighted by atomic mass is 9.98. The molecular weight excluding hydrogens is 166 g/mol. The second-order valence-electron chi connectivity index (χ2n) is 3.76. The lowest BCUT2D eigenvalue weighted by molar-refractivity contribution is -0.125. The molecule has 0 aromatic rings. The molecule has 0 aromatic carbocycles. The van der Waals surface area contributed by atoms with E-state index in [2.05, 4.69) is 4.90 Å². The predicted molar refractivity (Wildman–Crippen MR) is 51.7 cm³/mol. The van der Waals surface area contributed by atoms with Gasteiger partial charge in [-0.15, -0.1) is 0 Å². The van der Waals surface area contributed by atoms with Crippen LogP contribution >= 0.6 is 0 Å². The van der Waals surface area contributed by atoms with Crippen molar-refractivity contribution >= 4 is 5.78 Å². The first-order valence-electron chi connectivity index (χ1n) is 4.98. The Labute approximate surface area is 80.1 Å². The zero-order valence-electron chi connectivity index (χ0n) is 8.58. The van der Waals surface area contributed by atoms with Gasteiger partial charge in [-0.1, -0.05) is 6.92 Å². The van der Waals surface area contributed by atoms with Crippen molar-refractivity contribution in [1.82, 2.24) is 4.90 Å². The molecule has 0 saturated carbocycles. The molecule has 1 saturated heterocycles. The van der Waals surface area contributed by atoms with E-state index >= 15 is 0 Å². The van der Waals surface area contributed by atoms with Crippen molar-refractivity contribution in [2.24, 2.45) is 5.92 Å². The second kappa shape index (κ2) is 5.35. The van der Waals surface area contributed by atoms with Gasteiger partial charge in [-0.25, -0.2) is 0 Å². The molecule has 0 bridgehead atoms. The van der Waals surface area contributed by atoms with E-state index in [1.165, 1.54) is 0 Å². The molecule has 0 spiro atoms. The average molecular weight is 185 g/mol. The minimum Gasteiger partial charge on any atom is -0.385 e. The van der Waals surface area contributed by atoms with Crippen LogP contribution in [-0.4, -0.2) is 44.0 Å². The molecule has 1 fully saturated rings. The van der Waals surface area contributed by atoms with Crippen molar-refractivity contribution in [3.63, 3.8) is 0 Å². The van der Waals surface area contributed by atoms with E-state index in [1.807, 2.05) is 6.92 Å². The highest BCUT2D eigenvalue weighted by atomic mass is 16.5. The van der Waals surface area contributed by atoms with Crippen molar-refractivity contribution < 1.29 is 9.53 Å². The number of methoxy groups -OCH3 is 1. The van der Waals surface area contributed by atoms with Gasteiger partial charge in [0.25, 0.3) is 0 Å². The number of ether oxygens (including phenoxy) is 1. The standard InChI is InChI=1S/C10H19NO2/c1-9-8-11(5-3-7-13-2)6-4-10(9)12/h9H,3-8H2,1-2H3. The van der Waals surface area contributed by atoms with Gasteiger partial charge < -0.3 is 9.64 Å². The molecule has 76 valence electrons. The fraction of sp³-hybridized carbons (Fsp3) is 0.900. The Bertz CT molecular complexity index is 170. The second-order valence-corrected chi connectivity index (χ2v) is 3.76. The topological polar surface area (TPSA) is 29.5 Å². The number of rotatable bonds is 4. The summed E-state index contributed by atoms with van der Waals surface area (Å²) < 4.78 is 4.99. The molecule has 1 aliphatic heterocycles. The molecule has 1 aliphatic rings. The van der Waals surface area contributed by atoms with Gasteiger partial charge in [-0.05, 0) is 6.42 Å². The molecule has 13 heavy (non-hydrogen) atoms. The molecule has 0 aromatic heterocycles. The summed E-state index contributed by atoms with van der Waals surface area (Å²) >= 11 is 0. The first-order chi connectivity index (χ1) is 6.24. The Morgan fingerprint density at radius 3 is 3.00 bits per heavy atom. The van der Waals surface area contributed by atoms with Crippen LogP contribution in [0.5, 0.6) is 0 Å². The molecule has 0 aliphatic carbocycles. The van der Waals surface area contributed by atoms with Crippen LogP contribution in [0.25, 0.3) is 0 Å². The van der Waals surface area contributed by atoms with Crippen LogP contribution in [0, 0.1) is 5.92 Å². The lowest BCUT2D eigenvalue weighted by Crippen LogP contribution is -2.40. The Hall–Kier alpha value is -0.410. The third-order valence-corrected chi connectivity index (χ3v) is 2.58. The van der Waals surface area contributed by atoms with Crippen LogP contribution in [0.4, 0.5) is 0 Å². The summed E-state index contributed by atoms with van der Waals surface area (Å²) in [5, 5.41) is 0.